The number of hydrogen-bond donors (Lipinski definition) is 1. The van der Waals surface area contributed by atoms with Gasteiger partial charge in [-0.3, -0.25) is 4.90 Å². The molecule has 1 aromatic rings. The fraction of sp³-hybridized carbons (Fsp3) is 0.625. The van der Waals surface area contributed by atoms with Gasteiger partial charge >= 0.3 is 0 Å². The van der Waals surface area contributed by atoms with Crippen molar-refractivity contribution < 1.29 is 9.47 Å². The van der Waals surface area contributed by atoms with Crippen LogP contribution in [0.5, 0.6) is 11.5 Å². The Hall–Kier alpha value is -0.780. The Balaban J connectivity index is 1.94. The van der Waals surface area contributed by atoms with Crippen LogP contribution in [0.25, 0.3) is 0 Å². The summed E-state index contributed by atoms with van der Waals surface area (Å²) in [5, 5.41) is 0. The van der Waals surface area contributed by atoms with E-state index in [0.29, 0.717) is 13.2 Å². The van der Waals surface area contributed by atoms with Crippen LogP contribution in [0.3, 0.4) is 0 Å². The van der Waals surface area contributed by atoms with Crippen LogP contribution in [0.4, 0.5) is 0 Å². The number of nitrogens with zero attached hydrogens (tertiary/aromatic N) is 1. The number of fused-ring (bicyclic) bond motifs is 1. The lowest BCUT2D eigenvalue weighted by molar-refractivity contribution is 0.247. The van der Waals surface area contributed by atoms with E-state index in [4.69, 9.17) is 15.2 Å². The van der Waals surface area contributed by atoms with E-state index >= 15 is 0 Å². The summed E-state index contributed by atoms with van der Waals surface area (Å²) in [6.07, 6.45) is 3.12. The van der Waals surface area contributed by atoms with Crippen LogP contribution in [0, 0.1) is 0 Å². The highest BCUT2D eigenvalue weighted by atomic mass is 79.9. The molecule has 2 heterocycles. The van der Waals surface area contributed by atoms with Crippen molar-refractivity contribution in [1.82, 2.24) is 4.90 Å². The minimum atomic E-state index is 0.188. The van der Waals surface area contributed by atoms with E-state index < -0.39 is 0 Å². The van der Waals surface area contributed by atoms with Crippen molar-refractivity contribution in [3.63, 3.8) is 0 Å². The van der Waals surface area contributed by atoms with Crippen LogP contribution in [-0.4, -0.2) is 37.2 Å². The Kier molecular flexibility index (Phi) is 4.72. The van der Waals surface area contributed by atoms with Crippen molar-refractivity contribution in [3.05, 3.63) is 22.2 Å². The van der Waals surface area contributed by atoms with Crippen LogP contribution in [0.15, 0.2) is 16.6 Å². The zero-order valence-corrected chi connectivity index (χ0v) is 14.1. The molecule has 2 atom stereocenters. The molecule has 0 saturated carbocycles. The van der Waals surface area contributed by atoms with Gasteiger partial charge in [-0.2, -0.15) is 0 Å². The van der Waals surface area contributed by atoms with Crippen molar-refractivity contribution in [2.75, 3.05) is 26.3 Å². The Morgan fingerprint density at radius 3 is 2.95 bits per heavy atom. The molecule has 0 bridgehead atoms. The summed E-state index contributed by atoms with van der Waals surface area (Å²) in [6, 6.07) is 4.72. The van der Waals surface area contributed by atoms with E-state index in [0.717, 1.165) is 48.3 Å². The number of nitrogens with two attached hydrogens (primary N) is 1. The second-order valence-corrected chi connectivity index (χ2v) is 6.67. The van der Waals surface area contributed by atoms with Crippen LogP contribution in [0.1, 0.15) is 37.8 Å². The van der Waals surface area contributed by atoms with Gasteiger partial charge in [0, 0.05) is 19.0 Å². The largest absolute Gasteiger partial charge is 0.490 e. The highest BCUT2D eigenvalue weighted by molar-refractivity contribution is 9.10. The van der Waals surface area contributed by atoms with Crippen molar-refractivity contribution in [3.8, 4) is 11.5 Å². The molecule has 21 heavy (non-hydrogen) atoms. The van der Waals surface area contributed by atoms with Gasteiger partial charge in [-0.25, -0.2) is 0 Å². The van der Waals surface area contributed by atoms with Crippen LogP contribution in [0.2, 0.25) is 0 Å². The average molecular weight is 355 g/mol. The predicted octanol–water partition coefficient (Wildman–Crippen LogP) is 3.09. The monoisotopic (exact) mass is 354 g/mol. The Bertz CT molecular complexity index is 507. The van der Waals surface area contributed by atoms with Gasteiger partial charge in [0.15, 0.2) is 11.5 Å². The minimum absolute atomic E-state index is 0.188. The van der Waals surface area contributed by atoms with Crippen molar-refractivity contribution in [1.29, 1.82) is 0 Å². The van der Waals surface area contributed by atoms with E-state index in [1.807, 2.05) is 0 Å². The Morgan fingerprint density at radius 2 is 2.14 bits per heavy atom. The molecule has 5 heteroatoms. The summed E-state index contributed by atoms with van der Waals surface area (Å²) in [7, 11) is 0. The summed E-state index contributed by atoms with van der Waals surface area (Å²) in [5.41, 5.74) is 7.59. The maximum atomic E-state index is 6.36. The lowest BCUT2D eigenvalue weighted by atomic mass is 10.00. The van der Waals surface area contributed by atoms with Crippen molar-refractivity contribution >= 4 is 15.9 Å². The molecular formula is C16H23BrN2O2. The maximum absolute atomic E-state index is 6.36. The lowest BCUT2D eigenvalue weighted by Gasteiger charge is -2.27. The number of benzene rings is 1. The van der Waals surface area contributed by atoms with E-state index in [2.05, 4.69) is 39.9 Å². The second-order valence-electron chi connectivity index (χ2n) is 5.81. The molecule has 1 saturated heterocycles. The van der Waals surface area contributed by atoms with Crippen LogP contribution in [-0.2, 0) is 0 Å². The molecule has 2 unspecified atom stereocenters. The summed E-state index contributed by atoms with van der Waals surface area (Å²) >= 11 is 3.63. The highest BCUT2D eigenvalue weighted by Gasteiger charge is 2.33. The molecule has 0 aliphatic carbocycles. The SMILES string of the molecule is CCCN1CCC(N)C1c1cc(Br)c2c(c1)OCCCO2. The molecular weight excluding hydrogens is 332 g/mol. The third-order valence-electron chi connectivity index (χ3n) is 4.23. The first-order valence-corrected chi connectivity index (χ1v) is 8.58. The van der Waals surface area contributed by atoms with Gasteiger partial charge in [0.05, 0.1) is 23.7 Å². The molecule has 0 radical (unpaired) electrons. The molecule has 2 N–H and O–H groups in total. The fourth-order valence-electron chi connectivity index (χ4n) is 3.30. The summed E-state index contributed by atoms with van der Waals surface area (Å²) in [6.45, 7) is 5.79. The third-order valence-corrected chi connectivity index (χ3v) is 4.81. The zero-order valence-electron chi connectivity index (χ0n) is 12.5. The van der Waals surface area contributed by atoms with Crippen LogP contribution < -0.4 is 15.2 Å². The van der Waals surface area contributed by atoms with Crippen molar-refractivity contribution in [2.45, 2.75) is 38.3 Å². The van der Waals surface area contributed by atoms with Gasteiger partial charge in [-0.15, -0.1) is 0 Å². The van der Waals surface area contributed by atoms with Crippen molar-refractivity contribution in [2.24, 2.45) is 5.73 Å². The molecule has 1 fully saturated rings. The molecule has 116 valence electrons. The van der Waals surface area contributed by atoms with Gasteiger partial charge in [-0.05, 0) is 53.0 Å². The van der Waals surface area contributed by atoms with Gasteiger partial charge in [0.1, 0.15) is 0 Å². The smallest absolute Gasteiger partial charge is 0.175 e. The van der Waals surface area contributed by atoms with E-state index in [-0.39, 0.29) is 12.1 Å². The van der Waals surface area contributed by atoms with Crippen LogP contribution >= 0.6 is 15.9 Å². The number of likely N-dealkylation sites (tertiary alicyclic amines) is 1. The maximum Gasteiger partial charge on any atom is 0.175 e. The fourth-order valence-corrected chi connectivity index (χ4v) is 3.87. The molecule has 0 amide bonds. The van der Waals surface area contributed by atoms with Gasteiger partial charge in [0.25, 0.3) is 0 Å². The summed E-state index contributed by atoms with van der Waals surface area (Å²) in [5.74, 6) is 1.66. The molecule has 0 aromatic heterocycles. The first-order valence-electron chi connectivity index (χ1n) is 7.79. The topological polar surface area (TPSA) is 47.7 Å². The minimum Gasteiger partial charge on any atom is -0.490 e. The molecule has 2 aliphatic heterocycles. The van der Waals surface area contributed by atoms with E-state index in [1.54, 1.807) is 0 Å². The zero-order chi connectivity index (χ0) is 14.8. The summed E-state index contributed by atoms with van der Waals surface area (Å²) in [4.78, 5) is 2.48. The van der Waals surface area contributed by atoms with E-state index in [1.165, 1.54) is 5.56 Å². The highest BCUT2D eigenvalue weighted by Crippen LogP contribution is 2.42. The quantitative estimate of drug-likeness (QED) is 0.905. The number of hydrogen-bond acceptors (Lipinski definition) is 4. The summed E-state index contributed by atoms with van der Waals surface area (Å²) < 4.78 is 12.6. The molecule has 1 aromatic carbocycles. The normalized spacial score (nSPS) is 25.9. The number of rotatable bonds is 3. The Labute approximate surface area is 134 Å². The second kappa shape index (κ2) is 6.55. The first-order chi connectivity index (χ1) is 10.2. The molecule has 4 nitrogen and oxygen atoms in total. The van der Waals surface area contributed by atoms with Gasteiger partial charge in [0.2, 0.25) is 0 Å². The number of ether oxygens (including phenoxy) is 2. The van der Waals surface area contributed by atoms with Gasteiger partial charge in [-0.1, -0.05) is 6.92 Å². The predicted molar refractivity (Wildman–Crippen MR) is 86.9 cm³/mol. The Morgan fingerprint density at radius 1 is 1.33 bits per heavy atom. The molecule has 3 rings (SSSR count). The number of halogens is 1. The molecule has 2 aliphatic rings. The average Bonchev–Trinajstić information content (AvgIpc) is 2.68. The van der Waals surface area contributed by atoms with E-state index in [9.17, 15) is 0 Å². The first kappa shape index (κ1) is 15.1. The standard InChI is InChI=1S/C16H23BrN2O2/c1-2-5-19-6-4-13(18)15(19)11-9-12(17)16-14(10-11)20-7-3-8-21-16/h9-10,13,15H,2-8,18H2,1H3. The molecule has 0 spiro atoms. The third kappa shape index (κ3) is 3.05. The lowest BCUT2D eigenvalue weighted by Crippen LogP contribution is -2.32. The van der Waals surface area contributed by atoms with Gasteiger partial charge < -0.3 is 15.2 Å².